The summed E-state index contributed by atoms with van der Waals surface area (Å²) in [5.41, 5.74) is 2.52. The third-order valence-corrected chi connectivity index (χ3v) is 6.94. The van der Waals surface area contributed by atoms with Crippen molar-refractivity contribution in [3.8, 4) is 0 Å². The fraction of sp³-hybridized carbons (Fsp3) is 0.269. The fourth-order valence-electron chi connectivity index (χ4n) is 4.20. The molecule has 2 aromatic carbocycles. The Hall–Kier alpha value is -3.33. The van der Waals surface area contributed by atoms with Crippen molar-refractivity contribution in [2.24, 2.45) is 0 Å². The molecular formula is C26H27N3O4S. The van der Waals surface area contributed by atoms with Crippen molar-refractivity contribution in [3.05, 3.63) is 98.4 Å². The first-order valence-corrected chi connectivity index (χ1v) is 11.9. The maximum atomic E-state index is 13.0. The van der Waals surface area contributed by atoms with Gasteiger partial charge in [-0.1, -0.05) is 60.7 Å². The quantitative estimate of drug-likeness (QED) is 0.353. The number of hydrogen-bond donors (Lipinski definition) is 2. The Labute approximate surface area is 201 Å². The molecule has 2 heterocycles. The number of H-pyrrole nitrogens is 1. The number of methoxy groups -OCH3 is 1. The Morgan fingerprint density at radius 1 is 1.12 bits per heavy atom. The average Bonchev–Trinajstić information content (AvgIpc) is 3.20. The number of fused-ring (bicyclic) bond motifs is 1. The zero-order valence-corrected chi connectivity index (χ0v) is 20.0. The van der Waals surface area contributed by atoms with E-state index in [1.54, 1.807) is 6.92 Å². The maximum absolute atomic E-state index is 13.0. The largest absolute Gasteiger partial charge is 0.465 e. The summed E-state index contributed by atoms with van der Waals surface area (Å²) >= 11 is 1.17. The van der Waals surface area contributed by atoms with E-state index in [-0.39, 0.29) is 18.2 Å². The topological polar surface area (TPSA) is 95.5 Å². The number of aliphatic hydroxyl groups excluding tert-OH is 1. The van der Waals surface area contributed by atoms with Crippen molar-refractivity contribution < 1.29 is 14.6 Å². The number of ether oxygens (including phenoxy) is 1. The van der Waals surface area contributed by atoms with Crippen LogP contribution in [-0.2, 0) is 11.3 Å². The zero-order valence-electron chi connectivity index (χ0n) is 19.2. The van der Waals surface area contributed by atoms with Crippen LogP contribution in [-0.4, -0.2) is 46.2 Å². The summed E-state index contributed by atoms with van der Waals surface area (Å²) in [4.78, 5) is 35.8. The van der Waals surface area contributed by atoms with Crippen LogP contribution in [0.4, 0.5) is 0 Å². The number of aliphatic hydroxyl groups is 1. The minimum Gasteiger partial charge on any atom is -0.465 e. The summed E-state index contributed by atoms with van der Waals surface area (Å²) in [6, 6.07) is 20.2. The Morgan fingerprint density at radius 3 is 2.29 bits per heavy atom. The average molecular weight is 478 g/mol. The van der Waals surface area contributed by atoms with E-state index in [0.717, 1.165) is 11.1 Å². The Bertz CT molecular complexity index is 1280. The standard InChI is InChI=1S/C26H27N3O4S/c1-17-21-24(31)27-20(28-25(21)34-23(17)26(32)33-2)16-29(14-9-15-30)22(18-10-5-3-6-11-18)19-12-7-4-8-13-19/h3-8,10-13,22,30H,9,14-16H2,1-2H3,(H,27,28,31). The van der Waals surface area contributed by atoms with Crippen molar-refractivity contribution in [2.75, 3.05) is 20.3 Å². The van der Waals surface area contributed by atoms with Crippen molar-refractivity contribution in [1.82, 2.24) is 14.9 Å². The van der Waals surface area contributed by atoms with Crippen molar-refractivity contribution >= 4 is 27.5 Å². The highest BCUT2D eigenvalue weighted by molar-refractivity contribution is 7.20. The van der Waals surface area contributed by atoms with Crippen LogP contribution in [0.5, 0.6) is 0 Å². The Balaban J connectivity index is 1.77. The molecule has 4 rings (SSSR count). The number of carbonyl (C=O) groups is 1. The van der Waals surface area contributed by atoms with Crippen LogP contribution < -0.4 is 5.56 Å². The molecule has 0 amide bonds. The van der Waals surface area contributed by atoms with Gasteiger partial charge in [-0.2, -0.15) is 0 Å². The highest BCUT2D eigenvalue weighted by atomic mass is 32.1. The number of aryl methyl sites for hydroxylation is 1. The molecule has 7 nitrogen and oxygen atoms in total. The number of aromatic nitrogens is 2. The van der Waals surface area contributed by atoms with Gasteiger partial charge in [0.05, 0.1) is 25.1 Å². The summed E-state index contributed by atoms with van der Waals surface area (Å²) in [5.74, 6) is 0.0317. The van der Waals surface area contributed by atoms with E-state index in [2.05, 4.69) is 34.1 Å². The molecule has 0 radical (unpaired) electrons. The lowest BCUT2D eigenvalue weighted by Gasteiger charge is -2.32. The van der Waals surface area contributed by atoms with E-state index in [9.17, 15) is 14.7 Å². The molecular weight excluding hydrogens is 450 g/mol. The molecule has 0 atom stereocenters. The SMILES string of the molecule is COC(=O)c1sc2nc(CN(CCCO)C(c3ccccc3)c3ccccc3)[nH]c(=O)c2c1C. The van der Waals surface area contributed by atoms with Crippen molar-refractivity contribution in [1.29, 1.82) is 0 Å². The first-order chi connectivity index (χ1) is 16.5. The fourth-order valence-corrected chi connectivity index (χ4v) is 5.32. The van der Waals surface area contributed by atoms with Crippen LogP contribution in [0.3, 0.4) is 0 Å². The molecule has 176 valence electrons. The second kappa shape index (κ2) is 10.7. The third-order valence-electron chi connectivity index (χ3n) is 5.77. The monoisotopic (exact) mass is 477 g/mol. The first-order valence-electron chi connectivity index (χ1n) is 11.1. The lowest BCUT2D eigenvalue weighted by molar-refractivity contribution is 0.0605. The van der Waals surface area contributed by atoms with Gasteiger partial charge in [-0.3, -0.25) is 9.69 Å². The van der Waals surface area contributed by atoms with Crippen LogP contribution in [0.25, 0.3) is 10.2 Å². The van der Waals surface area contributed by atoms with E-state index >= 15 is 0 Å². The van der Waals surface area contributed by atoms with Gasteiger partial charge >= 0.3 is 5.97 Å². The van der Waals surface area contributed by atoms with E-state index in [0.29, 0.717) is 46.0 Å². The van der Waals surface area contributed by atoms with Crippen LogP contribution in [0.1, 0.15) is 44.6 Å². The molecule has 0 fully saturated rings. The maximum Gasteiger partial charge on any atom is 0.348 e. The highest BCUT2D eigenvalue weighted by Crippen LogP contribution is 2.31. The normalized spacial score (nSPS) is 11.4. The Morgan fingerprint density at radius 2 is 1.74 bits per heavy atom. The molecule has 2 aromatic heterocycles. The number of nitrogens with one attached hydrogen (secondary N) is 1. The zero-order chi connectivity index (χ0) is 24.1. The summed E-state index contributed by atoms with van der Waals surface area (Å²) in [6.45, 7) is 2.76. The molecule has 0 aliphatic heterocycles. The predicted molar refractivity (Wildman–Crippen MR) is 133 cm³/mol. The molecule has 0 unspecified atom stereocenters. The van der Waals surface area contributed by atoms with Gasteiger partial charge in [-0.05, 0) is 30.0 Å². The smallest absolute Gasteiger partial charge is 0.348 e. The van der Waals surface area contributed by atoms with Gasteiger partial charge in [0.1, 0.15) is 15.5 Å². The molecule has 0 aliphatic rings. The minimum absolute atomic E-state index is 0.0579. The van der Waals surface area contributed by atoms with Gasteiger partial charge < -0.3 is 14.8 Å². The third kappa shape index (κ3) is 4.94. The van der Waals surface area contributed by atoms with Crippen LogP contribution in [0.2, 0.25) is 0 Å². The van der Waals surface area contributed by atoms with Crippen molar-refractivity contribution in [3.63, 3.8) is 0 Å². The number of hydrogen-bond acceptors (Lipinski definition) is 7. The Kier molecular flexibility index (Phi) is 7.52. The number of nitrogens with zero attached hydrogens (tertiary/aromatic N) is 2. The lowest BCUT2D eigenvalue weighted by atomic mass is 9.96. The molecule has 4 aromatic rings. The van der Waals surface area contributed by atoms with Crippen molar-refractivity contribution in [2.45, 2.75) is 25.9 Å². The molecule has 0 aliphatic carbocycles. The van der Waals surface area contributed by atoms with Crippen LogP contribution in [0.15, 0.2) is 65.5 Å². The number of benzene rings is 2. The minimum atomic E-state index is -0.473. The first kappa shape index (κ1) is 23.8. The lowest BCUT2D eigenvalue weighted by Crippen LogP contribution is -2.32. The highest BCUT2D eigenvalue weighted by Gasteiger charge is 2.25. The van der Waals surface area contributed by atoms with E-state index in [1.165, 1.54) is 18.4 Å². The van der Waals surface area contributed by atoms with E-state index < -0.39 is 5.97 Å². The van der Waals surface area contributed by atoms with Gasteiger partial charge in [0.2, 0.25) is 0 Å². The predicted octanol–water partition coefficient (Wildman–Crippen LogP) is 4.05. The van der Waals surface area contributed by atoms with E-state index in [4.69, 9.17) is 9.72 Å². The van der Waals surface area contributed by atoms with Gasteiger partial charge in [-0.15, -0.1) is 11.3 Å². The van der Waals surface area contributed by atoms with Gasteiger partial charge in [0, 0.05) is 13.2 Å². The summed E-state index contributed by atoms with van der Waals surface area (Å²) in [6.07, 6.45) is 0.577. The second-order valence-electron chi connectivity index (χ2n) is 8.01. The summed E-state index contributed by atoms with van der Waals surface area (Å²) in [7, 11) is 1.32. The summed E-state index contributed by atoms with van der Waals surface area (Å²) in [5, 5.41) is 9.97. The van der Waals surface area contributed by atoms with Crippen LogP contribution >= 0.6 is 11.3 Å². The molecule has 34 heavy (non-hydrogen) atoms. The molecule has 0 saturated carbocycles. The summed E-state index contributed by atoms with van der Waals surface area (Å²) < 4.78 is 4.85. The van der Waals surface area contributed by atoms with Gasteiger partial charge in [0.15, 0.2) is 0 Å². The number of thiophene rings is 1. The van der Waals surface area contributed by atoms with Crippen LogP contribution in [0, 0.1) is 6.92 Å². The number of aromatic amines is 1. The number of rotatable bonds is 9. The molecule has 0 spiro atoms. The molecule has 2 N–H and O–H groups in total. The second-order valence-corrected chi connectivity index (χ2v) is 9.01. The molecule has 0 saturated heterocycles. The molecule has 8 heteroatoms. The molecule has 0 bridgehead atoms. The number of carbonyl (C=O) groups excluding carboxylic acids is 1. The number of esters is 1. The van der Waals surface area contributed by atoms with Gasteiger partial charge in [0.25, 0.3) is 5.56 Å². The van der Waals surface area contributed by atoms with E-state index in [1.807, 2.05) is 36.4 Å². The van der Waals surface area contributed by atoms with Gasteiger partial charge in [-0.25, -0.2) is 9.78 Å².